The first-order chi connectivity index (χ1) is 11.4. The highest BCUT2D eigenvalue weighted by atomic mass is 19.4. The Balaban J connectivity index is 2.13. The monoisotopic (exact) mass is 366 g/mol. The van der Waals surface area contributed by atoms with Crippen molar-refractivity contribution in [1.29, 1.82) is 0 Å². The standard InChI is InChI=1S/C15H15F5N2O3/c1-14(16,17)8-3-2-4-9(5-8)21-13(25)22-6-10(12(23)24)11(7-22)15(18,19)20/h2-5,10-11H,6-7H2,1H3,(H,21,25)(H,23,24)/t10-,11-/m1/s1. The van der Waals surface area contributed by atoms with E-state index >= 15 is 0 Å². The molecule has 138 valence electrons. The highest BCUT2D eigenvalue weighted by Gasteiger charge is 2.53. The van der Waals surface area contributed by atoms with Gasteiger partial charge in [-0.15, -0.1) is 0 Å². The van der Waals surface area contributed by atoms with Gasteiger partial charge in [0.05, 0.1) is 11.8 Å². The maximum atomic E-state index is 13.3. The number of alkyl halides is 5. The van der Waals surface area contributed by atoms with E-state index in [9.17, 15) is 31.5 Å². The maximum Gasteiger partial charge on any atom is 0.394 e. The van der Waals surface area contributed by atoms with Crippen molar-refractivity contribution in [3.05, 3.63) is 29.8 Å². The number of halogens is 5. The van der Waals surface area contributed by atoms with E-state index in [0.29, 0.717) is 11.8 Å². The summed E-state index contributed by atoms with van der Waals surface area (Å²) < 4.78 is 65.3. The van der Waals surface area contributed by atoms with E-state index in [1.165, 1.54) is 12.1 Å². The number of hydrogen-bond donors (Lipinski definition) is 2. The van der Waals surface area contributed by atoms with E-state index in [-0.39, 0.29) is 11.3 Å². The van der Waals surface area contributed by atoms with Crippen LogP contribution in [-0.2, 0) is 10.7 Å². The van der Waals surface area contributed by atoms with Crippen molar-refractivity contribution in [2.45, 2.75) is 19.0 Å². The van der Waals surface area contributed by atoms with Gasteiger partial charge in [-0.3, -0.25) is 4.79 Å². The van der Waals surface area contributed by atoms with Gasteiger partial charge in [0.15, 0.2) is 0 Å². The fourth-order valence-corrected chi connectivity index (χ4v) is 2.62. The molecule has 1 heterocycles. The van der Waals surface area contributed by atoms with Crippen molar-refractivity contribution in [2.75, 3.05) is 18.4 Å². The smallest absolute Gasteiger partial charge is 0.394 e. The van der Waals surface area contributed by atoms with E-state index in [1.807, 2.05) is 0 Å². The molecule has 10 heteroatoms. The van der Waals surface area contributed by atoms with Gasteiger partial charge in [0.1, 0.15) is 0 Å². The Hall–Kier alpha value is -2.39. The van der Waals surface area contributed by atoms with Gasteiger partial charge < -0.3 is 15.3 Å². The van der Waals surface area contributed by atoms with Crippen LogP contribution < -0.4 is 5.32 Å². The number of nitrogens with one attached hydrogen (secondary N) is 1. The fraction of sp³-hybridized carbons (Fsp3) is 0.467. The molecule has 1 aliphatic heterocycles. The first kappa shape index (κ1) is 18.9. The van der Waals surface area contributed by atoms with E-state index < -0.39 is 49.0 Å². The molecule has 2 rings (SSSR count). The van der Waals surface area contributed by atoms with Crippen LogP contribution in [0.15, 0.2) is 24.3 Å². The summed E-state index contributed by atoms with van der Waals surface area (Å²) in [5, 5.41) is 11.1. The molecule has 0 aliphatic carbocycles. The number of hydrogen-bond acceptors (Lipinski definition) is 2. The molecule has 0 radical (unpaired) electrons. The zero-order valence-electron chi connectivity index (χ0n) is 13.0. The Morgan fingerprint density at radius 2 is 1.84 bits per heavy atom. The Morgan fingerprint density at radius 3 is 2.32 bits per heavy atom. The second kappa shape index (κ2) is 6.49. The summed E-state index contributed by atoms with van der Waals surface area (Å²) in [7, 11) is 0. The van der Waals surface area contributed by atoms with Gasteiger partial charge in [-0.25, -0.2) is 13.6 Å². The summed E-state index contributed by atoms with van der Waals surface area (Å²) in [5.74, 6) is -8.74. The summed E-state index contributed by atoms with van der Waals surface area (Å²) in [6.07, 6.45) is -4.76. The topological polar surface area (TPSA) is 69.6 Å². The summed E-state index contributed by atoms with van der Waals surface area (Å²) in [4.78, 5) is 23.8. The maximum absolute atomic E-state index is 13.3. The SMILES string of the molecule is CC(F)(F)c1cccc(NC(=O)N2C[C@@H](C(F)(F)F)[C@H](C(=O)O)C2)c1. The van der Waals surface area contributed by atoms with E-state index in [4.69, 9.17) is 5.11 Å². The number of anilines is 1. The largest absolute Gasteiger partial charge is 0.481 e. The van der Waals surface area contributed by atoms with Crippen molar-refractivity contribution < 1.29 is 36.6 Å². The lowest BCUT2D eigenvalue weighted by atomic mass is 9.96. The number of amides is 2. The summed E-state index contributed by atoms with van der Waals surface area (Å²) in [6.45, 7) is -0.759. The Labute approximate surface area is 139 Å². The minimum Gasteiger partial charge on any atom is -0.481 e. The molecule has 0 aromatic heterocycles. The zero-order chi connectivity index (χ0) is 19.0. The number of carboxylic acids is 1. The number of benzene rings is 1. The third-order valence-electron chi connectivity index (χ3n) is 3.97. The van der Waals surface area contributed by atoms with Crippen LogP contribution in [0, 0.1) is 11.8 Å². The van der Waals surface area contributed by atoms with Gasteiger partial charge in [0.2, 0.25) is 0 Å². The molecule has 1 aliphatic rings. The Kier molecular flexibility index (Phi) is 4.92. The summed E-state index contributed by atoms with van der Waals surface area (Å²) in [5.41, 5.74) is -0.394. The van der Waals surface area contributed by atoms with E-state index in [0.717, 1.165) is 12.1 Å². The lowest BCUT2D eigenvalue weighted by molar-refractivity contribution is -0.187. The van der Waals surface area contributed by atoms with Crippen LogP contribution in [0.1, 0.15) is 12.5 Å². The van der Waals surface area contributed by atoms with Crippen molar-refractivity contribution in [2.24, 2.45) is 11.8 Å². The quantitative estimate of drug-likeness (QED) is 0.804. The van der Waals surface area contributed by atoms with Gasteiger partial charge in [-0.2, -0.15) is 13.2 Å². The van der Waals surface area contributed by atoms with Crippen LogP contribution in [0.2, 0.25) is 0 Å². The average Bonchev–Trinajstić information content (AvgIpc) is 2.92. The molecular weight excluding hydrogens is 351 g/mol. The zero-order valence-corrected chi connectivity index (χ0v) is 13.0. The highest BCUT2D eigenvalue weighted by Crippen LogP contribution is 2.38. The molecule has 1 aromatic rings. The number of carboxylic acid groups (broad SMARTS) is 1. The molecule has 2 amide bonds. The van der Waals surface area contributed by atoms with Crippen LogP contribution in [-0.4, -0.2) is 41.3 Å². The fourth-order valence-electron chi connectivity index (χ4n) is 2.62. The molecule has 1 saturated heterocycles. The third-order valence-corrected chi connectivity index (χ3v) is 3.97. The molecule has 2 atom stereocenters. The lowest BCUT2D eigenvalue weighted by Gasteiger charge is -2.19. The summed E-state index contributed by atoms with van der Waals surface area (Å²) in [6, 6.07) is 3.74. The van der Waals surface area contributed by atoms with Gasteiger partial charge in [0.25, 0.3) is 5.92 Å². The predicted octanol–water partition coefficient (Wildman–Crippen LogP) is 3.53. The molecule has 25 heavy (non-hydrogen) atoms. The number of aliphatic carboxylic acids is 1. The van der Waals surface area contributed by atoms with Crippen molar-refractivity contribution >= 4 is 17.7 Å². The van der Waals surface area contributed by atoms with E-state index in [2.05, 4.69) is 5.32 Å². The average molecular weight is 366 g/mol. The first-order valence-electron chi connectivity index (χ1n) is 7.23. The third kappa shape index (κ3) is 4.37. The predicted molar refractivity (Wildman–Crippen MR) is 77.3 cm³/mol. The van der Waals surface area contributed by atoms with Crippen molar-refractivity contribution in [3.63, 3.8) is 0 Å². The van der Waals surface area contributed by atoms with Crippen molar-refractivity contribution in [1.82, 2.24) is 4.90 Å². The number of nitrogens with zero attached hydrogens (tertiary/aromatic N) is 1. The molecule has 0 bridgehead atoms. The second-order valence-corrected chi connectivity index (χ2v) is 5.90. The Morgan fingerprint density at radius 1 is 1.20 bits per heavy atom. The van der Waals surface area contributed by atoms with Gasteiger partial charge in [0, 0.05) is 31.3 Å². The van der Waals surface area contributed by atoms with E-state index in [1.54, 1.807) is 0 Å². The Bertz CT molecular complexity index is 672. The highest BCUT2D eigenvalue weighted by molar-refractivity contribution is 5.90. The number of likely N-dealkylation sites (tertiary alicyclic amines) is 1. The first-order valence-corrected chi connectivity index (χ1v) is 7.23. The van der Waals surface area contributed by atoms with Crippen LogP contribution >= 0.6 is 0 Å². The van der Waals surface area contributed by atoms with Crippen LogP contribution in [0.5, 0.6) is 0 Å². The molecule has 0 unspecified atom stereocenters. The lowest BCUT2D eigenvalue weighted by Crippen LogP contribution is -2.35. The second-order valence-electron chi connectivity index (χ2n) is 5.90. The normalized spacial score (nSPS) is 21.3. The molecule has 1 aromatic carbocycles. The summed E-state index contributed by atoms with van der Waals surface area (Å²) >= 11 is 0. The molecule has 1 fully saturated rings. The number of carbonyl (C=O) groups excluding carboxylic acids is 1. The number of urea groups is 1. The van der Waals surface area contributed by atoms with Gasteiger partial charge >= 0.3 is 18.2 Å². The van der Waals surface area contributed by atoms with Crippen LogP contribution in [0.3, 0.4) is 0 Å². The van der Waals surface area contributed by atoms with Gasteiger partial charge in [-0.1, -0.05) is 12.1 Å². The molecule has 2 N–H and O–H groups in total. The number of rotatable bonds is 3. The molecule has 5 nitrogen and oxygen atoms in total. The van der Waals surface area contributed by atoms with Crippen molar-refractivity contribution in [3.8, 4) is 0 Å². The number of carbonyl (C=O) groups is 2. The van der Waals surface area contributed by atoms with Crippen LogP contribution in [0.4, 0.5) is 32.4 Å². The molecular formula is C15H15F5N2O3. The minimum absolute atomic E-state index is 0.0219. The van der Waals surface area contributed by atoms with Crippen LogP contribution in [0.25, 0.3) is 0 Å². The molecule has 0 saturated carbocycles. The van der Waals surface area contributed by atoms with Gasteiger partial charge in [-0.05, 0) is 12.1 Å². The molecule has 0 spiro atoms. The minimum atomic E-state index is -4.76.